The minimum absolute atomic E-state index is 0.581. The molecular weight excluding hydrogens is 196 g/mol. The fourth-order valence-corrected chi connectivity index (χ4v) is 2.75. The summed E-state index contributed by atoms with van der Waals surface area (Å²) in [5.41, 5.74) is 8.67. The average Bonchev–Trinajstić information content (AvgIpc) is 2.70. The molecule has 2 nitrogen and oxygen atoms in total. The van der Waals surface area contributed by atoms with Gasteiger partial charge >= 0.3 is 0 Å². The van der Waals surface area contributed by atoms with Crippen LogP contribution in [0.15, 0.2) is 24.3 Å². The third-order valence-electron chi connectivity index (χ3n) is 3.90. The Morgan fingerprint density at radius 2 is 2.12 bits per heavy atom. The molecule has 0 radical (unpaired) electrons. The molecule has 1 fully saturated rings. The van der Waals surface area contributed by atoms with Gasteiger partial charge in [-0.15, -0.1) is 0 Å². The molecular formula is C14H22N2. The largest absolute Gasteiger partial charge is 0.368 e. The molecule has 1 heterocycles. The number of rotatable bonds is 3. The molecule has 0 saturated carbocycles. The van der Waals surface area contributed by atoms with Crippen LogP contribution in [0.1, 0.15) is 25.8 Å². The van der Waals surface area contributed by atoms with Crippen molar-refractivity contribution in [3.8, 4) is 0 Å². The SMILES string of the molecule is CCc1ccccc1N1CCC(CN)C1C. The molecule has 1 aliphatic heterocycles. The van der Waals surface area contributed by atoms with Crippen LogP contribution in [0.3, 0.4) is 0 Å². The molecule has 2 atom stereocenters. The molecule has 16 heavy (non-hydrogen) atoms. The lowest BCUT2D eigenvalue weighted by molar-refractivity contribution is 0.508. The van der Waals surface area contributed by atoms with Crippen LogP contribution in [0.25, 0.3) is 0 Å². The third-order valence-corrected chi connectivity index (χ3v) is 3.90. The van der Waals surface area contributed by atoms with Crippen LogP contribution in [0.5, 0.6) is 0 Å². The molecule has 2 heteroatoms. The first kappa shape index (κ1) is 11.5. The molecule has 2 unspecified atom stereocenters. The number of hydrogen-bond donors (Lipinski definition) is 1. The lowest BCUT2D eigenvalue weighted by Gasteiger charge is -2.28. The van der Waals surface area contributed by atoms with Crippen molar-refractivity contribution in [1.29, 1.82) is 0 Å². The lowest BCUT2D eigenvalue weighted by atomic mass is 10.0. The zero-order chi connectivity index (χ0) is 11.5. The topological polar surface area (TPSA) is 29.3 Å². The van der Waals surface area contributed by atoms with Gasteiger partial charge in [0.25, 0.3) is 0 Å². The van der Waals surface area contributed by atoms with Gasteiger partial charge in [0.2, 0.25) is 0 Å². The van der Waals surface area contributed by atoms with E-state index in [1.54, 1.807) is 0 Å². The van der Waals surface area contributed by atoms with E-state index in [0.29, 0.717) is 12.0 Å². The molecule has 0 spiro atoms. The van der Waals surface area contributed by atoms with Gasteiger partial charge in [-0.05, 0) is 43.9 Å². The normalized spacial score (nSPS) is 25.1. The first-order valence-electron chi connectivity index (χ1n) is 6.32. The lowest BCUT2D eigenvalue weighted by Crippen LogP contribution is -2.33. The summed E-state index contributed by atoms with van der Waals surface area (Å²) in [6.07, 6.45) is 2.34. The minimum atomic E-state index is 0.581. The Labute approximate surface area is 98.4 Å². The van der Waals surface area contributed by atoms with E-state index < -0.39 is 0 Å². The molecule has 0 aromatic heterocycles. The minimum Gasteiger partial charge on any atom is -0.368 e. The van der Waals surface area contributed by atoms with Gasteiger partial charge in [0.15, 0.2) is 0 Å². The third kappa shape index (κ3) is 1.94. The molecule has 1 aromatic carbocycles. The van der Waals surface area contributed by atoms with E-state index in [4.69, 9.17) is 5.73 Å². The van der Waals surface area contributed by atoms with E-state index in [-0.39, 0.29) is 0 Å². The molecule has 2 N–H and O–H groups in total. The van der Waals surface area contributed by atoms with Crippen molar-refractivity contribution in [2.75, 3.05) is 18.0 Å². The summed E-state index contributed by atoms with van der Waals surface area (Å²) in [7, 11) is 0. The number of aryl methyl sites for hydroxylation is 1. The molecule has 1 aliphatic rings. The zero-order valence-corrected chi connectivity index (χ0v) is 10.3. The van der Waals surface area contributed by atoms with Crippen molar-refractivity contribution in [2.45, 2.75) is 32.7 Å². The van der Waals surface area contributed by atoms with Gasteiger partial charge in [-0.1, -0.05) is 25.1 Å². The Morgan fingerprint density at radius 3 is 2.75 bits per heavy atom. The van der Waals surface area contributed by atoms with E-state index in [9.17, 15) is 0 Å². The standard InChI is InChI=1S/C14H22N2/c1-3-12-6-4-5-7-14(12)16-9-8-13(10-15)11(16)2/h4-7,11,13H,3,8-10,15H2,1-2H3. The van der Waals surface area contributed by atoms with E-state index >= 15 is 0 Å². The van der Waals surface area contributed by atoms with E-state index in [1.165, 1.54) is 17.7 Å². The Morgan fingerprint density at radius 1 is 1.38 bits per heavy atom. The fraction of sp³-hybridized carbons (Fsp3) is 0.571. The van der Waals surface area contributed by atoms with Crippen LogP contribution >= 0.6 is 0 Å². The second kappa shape index (κ2) is 4.88. The van der Waals surface area contributed by atoms with Gasteiger partial charge in [-0.25, -0.2) is 0 Å². The fourth-order valence-electron chi connectivity index (χ4n) is 2.75. The monoisotopic (exact) mass is 218 g/mol. The highest BCUT2D eigenvalue weighted by Gasteiger charge is 2.30. The average molecular weight is 218 g/mol. The van der Waals surface area contributed by atoms with Crippen molar-refractivity contribution in [2.24, 2.45) is 11.7 Å². The summed E-state index contributed by atoms with van der Waals surface area (Å²) >= 11 is 0. The molecule has 0 bridgehead atoms. The molecule has 0 amide bonds. The van der Waals surface area contributed by atoms with Crippen molar-refractivity contribution >= 4 is 5.69 Å². The second-order valence-electron chi connectivity index (χ2n) is 4.70. The number of nitrogens with two attached hydrogens (primary N) is 1. The number of nitrogens with zero attached hydrogens (tertiary/aromatic N) is 1. The first-order valence-corrected chi connectivity index (χ1v) is 6.32. The van der Waals surface area contributed by atoms with Gasteiger partial charge in [-0.2, -0.15) is 0 Å². The maximum atomic E-state index is 5.81. The molecule has 1 aromatic rings. The van der Waals surface area contributed by atoms with Crippen molar-refractivity contribution in [3.63, 3.8) is 0 Å². The van der Waals surface area contributed by atoms with Crippen molar-refractivity contribution in [1.82, 2.24) is 0 Å². The predicted octanol–water partition coefficient (Wildman–Crippen LogP) is 2.42. The molecule has 2 rings (SSSR count). The first-order chi connectivity index (χ1) is 7.77. The summed E-state index contributed by atoms with van der Waals surface area (Å²) in [6.45, 7) is 6.49. The van der Waals surface area contributed by atoms with Gasteiger partial charge in [-0.3, -0.25) is 0 Å². The number of hydrogen-bond acceptors (Lipinski definition) is 2. The second-order valence-corrected chi connectivity index (χ2v) is 4.70. The van der Waals surface area contributed by atoms with Crippen LogP contribution in [0.2, 0.25) is 0 Å². The summed E-state index contributed by atoms with van der Waals surface area (Å²) in [5.74, 6) is 0.657. The van der Waals surface area contributed by atoms with Crippen molar-refractivity contribution in [3.05, 3.63) is 29.8 Å². The summed E-state index contributed by atoms with van der Waals surface area (Å²) in [4.78, 5) is 2.52. The molecule has 88 valence electrons. The van der Waals surface area contributed by atoms with E-state index in [1.807, 2.05) is 0 Å². The Balaban J connectivity index is 2.24. The van der Waals surface area contributed by atoms with E-state index in [2.05, 4.69) is 43.0 Å². The van der Waals surface area contributed by atoms with Gasteiger partial charge in [0, 0.05) is 18.3 Å². The van der Waals surface area contributed by atoms with Gasteiger partial charge in [0.05, 0.1) is 0 Å². The zero-order valence-electron chi connectivity index (χ0n) is 10.3. The van der Waals surface area contributed by atoms with Gasteiger partial charge in [0.1, 0.15) is 0 Å². The quantitative estimate of drug-likeness (QED) is 0.844. The van der Waals surface area contributed by atoms with Crippen LogP contribution in [-0.4, -0.2) is 19.1 Å². The highest BCUT2D eigenvalue weighted by Crippen LogP contribution is 2.31. The highest BCUT2D eigenvalue weighted by atomic mass is 15.2. The van der Waals surface area contributed by atoms with Crippen LogP contribution in [-0.2, 0) is 6.42 Å². The Bertz CT molecular complexity index is 348. The summed E-state index contributed by atoms with van der Waals surface area (Å²) < 4.78 is 0. The van der Waals surface area contributed by atoms with Crippen LogP contribution in [0, 0.1) is 5.92 Å². The summed E-state index contributed by atoms with van der Waals surface area (Å²) in [5, 5.41) is 0. The number of anilines is 1. The van der Waals surface area contributed by atoms with Crippen LogP contribution < -0.4 is 10.6 Å². The molecule has 0 aliphatic carbocycles. The highest BCUT2D eigenvalue weighted by molar-refractivity contribution is 5.55. The van der Waals surface area contributed by atoms with Crippen LogP contribution in [0.4, 0.5) is 5.69 Å². The van der Waals surface area contributed by atoms with Gasteiger partial charge < -0.3 is 10.6 Å². The molecule has 1 saturated heterocycles. The maximum Gasteiger partial charge on any atom is 0.0401 e. The predicted molar refractivity (Wildman–Crippen MR) is 69.8 cm³/mol. The maximum absolute atomic E-state index is 5.81. The Hall–Kier alpha value is -1.02. The smallest absolute Gasteiger partial charge is 0.0401 e. The number of benzene rings is 1. The number of para-hydroxylation sites is 1. The summed E-state index contributed by atoms with van der Waals surface area (Å²) in [6, 6.07) is 9.32. The Kier molecular flexibility index (Phi) is 3.49. The van der Waals surface area contributed by atoms with E-state index in [0.717, 1.165) is 19.5 Å². The van der Waals surface area contributed by atoms with Crippen molar-refractivity contribution < 1.29 is 0 Å².